The molecule has 0 fully saturated rings. The normalized spacial score (nSPS) is 13.8. The molecule has 4 aromatic heterocycles. The van der Waals surface area contributed by atoms with Crippen LogP contribution in [0.3, 0.4) is 0 Å². The molecule has 5 nitrogen and oxygen atoms in total. The summed E-state index contributed by atoms with van der Waals surface area (Å²) in [6, 6.07) is 84.2. The van der Waals surface area contributed by atoms with Gasteiger partial charge in [-0.2, -0.15) is 0 Å². The van der Waals surface area contributed by atoms with Gasteiger partial charge in [-0.3, -0.25) is 0 Å². The Bertz CT molecular complexity index is 5030. The molecule has 0 aliphatic carbocycles. The van der Waals surface area contributed by atoms with Gasteiger partial charge in [-0.15, -0.1) is 0 Å². The zero-order valence-corrected chi connectivity index (χ0v) is 52.6. The van der Waals surface area contributed by atoms with Crippen molar-refractivity contribution in [1.29, 1.82) is 0 Å². The molecular weight excluding hydrogens is 1070 g/mol. The zero-order chi connectivity index (χ0) is 60.2. The van der Waals surface area contributed by atoms with Crippen molar-refractivity contribution < 1.29 is 0 Å². The first-order chi connectivity index (χ1) is 42.2. The summed E-state index contributed by atoms with van der Waals surface area (Å²) in [5.41, 5.74) is 26.8. The fourth-order valence-electron chi connectivity index (χ4n) is 15.3. The molecular formula is C82H72BN5. The van der Waals surface area contributed by atoms with Crippen molar-refractivity contribution in [2.45, 2.75) is 105 Å². The van der Waals surface area contributed by atoms with E-state index in [1.165, 1.54) is 126 Å². The second kappa shape index (κ2) is 18.0. The van der Waals surface area contributed by atoms with Gasteiger partial charge >= 0.3 is 0 Å². The van der Waals surface area contributed by atoms with Crippen LogP contribution >= 0.6 is 0 Å². The maximum Gasteiger partial charge on any atom is 0.252 e. The van der Waals surface area contributed by atoms with Crippen molar-refractivity contribution in [2.75, 3.05) is 14.7 Å². The van der Waals surface area contributed by atoms with Crippen molar-refractivity contribution in [3.63, 3.8) is 0 Å². The molecule has 428 valence electrons. The number of para-hydroxylation sites is 4. The Balaban J connectivity index is 1.06. The predicted octanol–water partition coefficient (Wildman–Crippen LogP) is 20.7. The maximum absolute atomic E-state index is 2.63. The van der Waals surface area contributed by atoms with E-state index in [0.29, 0.717) is 0 Å². The van der Waals surface area contributed by atoms with Gasteiger partial charge < -0.3 is 23.5 Å². The van der Waals surface area contributed by atoms with Crippen molar-refractivity contribution in [3.8, 4) is 0 Å². The minimum Gasteiger partial charge on any atom is -0.311 e. The maximum atomic E-state index is 2.63. The van der Waals surface area contributed by atoms with E-state index in [-0.39, 0.29) is 28.4 Å². The first kappa shape index (κ1) is 52.8. The number of hydrogen-bond acceptors (Lipinski definition) is 3. The topological polar surface area (TPSA) is 18.5 Å². The summed E-state index contributed by atoms with van der Waals surface area (Å²) in [6.07, 6.45) is 0. The van der Waals surface area contributed by atoms with E-state index in [9.17, 15) is 0 Å². The van der Waals surface area contributed by atoms with E-state index in [1.807, 2.05) is 0 Å². The molecule has 6 heterocycles. The van der Waals surface area contributed by atoms with E-state index >= 15 is 0 Å². The van der Waals surface area contributed by atoms with Crippen LogP contribution in [0.25, 0.3) is 76.2 Å². The molecule has 0 amide bonds. The van der Waals surface area contributed by atoms with Gasteiger partial charge in [0.1, 0.15) is 0 Å². The van der Waals surface area contributed by atoms with Crippen molar-refractivity contribution in [1.82, 2.24) is 8.80 Å². The summed E-state index contributed by atoms with van der Waals surface area (Å²) in [4.78, 5) is 7.66. The summed E-state index contributed by atoms with van der Waals surface area (Å²) < 4.78 is 5.22. The third-order valence-corrected chi connectivity index (χ3v) is 19.8. The second-order valence-electron chi connectivity index (χ2n) is 29.5. The molecule has 17 rings (SSSR count). The van der Waals surface area contributed by atoms with Gasteiger partial charge in [0.05, 0.1) is 38.8 Å². The van der Waals surface area contributed by atoms with Gasteiger partial charge in [-0.25, -0.2) is 0 Å². The van der Waals surface area contributed by atoms with Crippen LogP contribution in [0.5, 0.6) is 0 Å². The zero-order valence-electron chi connectivity index (χ0n) is 52.6. The number of aromatic nitrogens is 2. The monoisotopic (exact) mass is 1140 g/mol. The summed E-state index contributed by atoms with van der Waals surface area (Å²) >= 11 is 0. The Morgan fingerprint density at radius 3 is 0.966 bits per heavy atom. The molecule has 0 spiro atoms. The molecule has 88 heavy (non-hydrogen) atoms. The molecule has 0 atom stereocenters. The van der Waals surface area contributed by atoms with E-state index in [4.69, 9.17) is 0 Å². The van der Waals surface area contributed by atoms with Gasteiger partial charge in [-0.05, 0) is 182 Å². The van der Waals surface area contributed by atoms with Gasteiger partial charge in [0.15, 0.2) is 0 Å². The lowest BCUT2D eigenvalue weighted by atomic mass is 9.33. The highest BCUT2D eigenvalue weighted by molar-refractivity contribution is 7.00. The molecule has 0 bridgehead atoms. The molecule has 0 unspecified atom stereocenters. The summed E-state index contributed by atoms with van der Waals surface area (Å²) in [5, 5.41) is 10.4. The molecule has 0 N–H and O–H groups in total. The molecule has 2 aliphatic rings. The molecule has 6 heteroatoms. The Morgan fingerprint density at radius 1 is 0.284 bits per heavy atom. The highest BCUT2D eigenvalue weighted by Crippen LogP contribution is 2.52. The Kier molecular flexibility index (Phi) is 10.8. The lowest BCUT2D eigenvalue weighted by molar-refractivity contribution is 0.590. The number of anilines is 9. The highest BCUT2D eigenvalue weighted by atomic mass is 15.2. The minimum atomic E-state index is -0.166. The second-order valence-corrected chi connectivity index (χ2v) is 29.5. The van der Waals surface area contributed by atoms with Crippen LogP contribution in [0.2, 0.25) is 0 Å². The van der Waals surface area contributed by atoms with Crippen molar-refractivity contribution in [3.05, 3.63) is 241 Å². The Hall–Kier alpha value is -9.52. The molecule has 2 aliphatic heterocycles. The fourth-order valence-corrected chi connectivity index (χ4v) is 15.3. The van der Waals surface area contributed by atoms with Crippen molar-refractivity contribution in [2.24, 2.45) is 0 Å². The van der Waals surface area contributed by atoms with Gasteiger partial charge in [0.25, 0.3) is 6.71 Å². The van der Waals surface area contributed by atoms with Crippen LogP contribution in [-0.2, 0) is 21.7 Å². The average molecular weight is 1140 g/mol. The molecule has 0 radical (unpaired) electrons. The summed E-state index contributed by atoms with van der Waals surface area (Å²) in [6.45, 7) is 28.1. The number of hydrogen-bond donors (Lipinski definition) is 0. The number of fused-ring (bicyclic) bond motifs is 16. The molecule has 15 aromatic rings. The van der Waals surface area contributed by atoms with Crippen LogP contribution < -0.4 is 31.1 Å². The molecule has 0 saturated carbocycles. The summed E-state index contributed by atoms with van der Waals surface area (Å²) in [5.74, 6) is 0. The van der Waals surface area contributed by atoms with E-state index in [1.54, 1.807) is 0 Å². The number of nitrogens with zero attached hydrogens (tertiary/aromatic N) is 5. The first-order valence-electron chi connectivity index (χ1n) is 31.6. The third kappa shape index (κ3) is 7.54. The average Bonchev–Trinajstić information content (AvgIpc) is 1.20. The van der Waals surface area contributed by atoms with E-state index in [2.05, 4.69) is 325 Å². The van der Waals surface area contributed by atoms with E-state index < -0.39 is 0 Å². The smallest absolute Gasteiger partial charge is 0.252 e. The van der Waals surface area contributed by atoms with Crippen molar-refractivity contribution >= 4 is 150 Å². The highest BCUT2D eigenvalue weighted by Gasteiger charge is 2.45. The Morgan fingerprint density at radius 2 is 0.614 bits per heavy atom. The lowest BCUT2D eigenvalue weighted by Crippen LogP contribution is -2.61. The molecule has 0 saturated heterocycles. The van der Waals surface area contributed by atoms with Crippen LogP contribution in [0, 0.1) is 0 Å². The minimum absolute atomic E-state index is 0.00625. The molecule has 11 aromatic carbocycles. The van der Waals surface area contributed by atoms with Crippen LogP contribution in [0.1, 0.15) is 105 Å². The van der Waals surface area contributed by atoms with Crippen LogP contribution in [0.4, 0.5) is 51.2 Å². The van der Waals surface area contributed by atoms with Crippen LogP contribution in [-0.4, -0.2) is 15.5 Å². The predicted molar refractivity (Wildman–Crippen MR) is 379 cm³/mol. The largest absolute Gasteiger partial charge is 0.311 e. The Labute approximate surface area is 516 Å². The number of rotatable bonds is 5. The quantitative estimate of drug-likeness (QED) is 0.160. The lowest BCUT2D eigenvalue weighted by Gasteiger charge is -2.45. The third-order valence-electron chi connectivity index (χ3n) is 19.8. The fraction of sp³-hybridized carbons (Fsp3) is 0.195. The van der Waals surface area contributed by atoms with Gasteiger partial charge in [0.2, 0.25) is 0 Å². The van der Waals surface area contributed by atoms with Gasteiger partial charge in [0, 0.05) is 88.6 Å². The summed E-state index contributed by atoms with van der Waals surface area (Å²) in [7, 11) is 0. The van der Waals surface area contributed by atoms with Crippen LogP contribution in [0.15, 0.2) is 218 Å². The number of benzene rings is 11. The van der Waals surface area contributed by atoms with E-state index in [0.717, 1.165) is 39.8 Å². The van der Waals surface area contributed by atoms with Gasteiger partial charge in [-0.1, -0.05) is 180 Å². The standard InChI is InChI=1S/C82H72BN5/c1-79(2,3)49-33-35-68-58(37-49)62-39-51(81(7,8)9)41-64-60-45-66-72(47-70(60)87(68)77(62)64)85(55-29-21-15-22-30-55)74-43-57(84(53-25-17-13-18-26-53)54-27-19-14-20-28-54)44-75-76(74)83(66)67-46-61-65-42-52(82(10,11)12)40-63-59-38-50(80(4,5)6)34-36-69(59)88(78(63)65)71(61)48-73(67)86(75)56-31-23-16-24-32-56/h13-48H,1-12H3. The SMILES string of the molecule is CC(C)(C)c1ccc2c(c1)c1cc(C(C)(C)C)cc3c4cc5c(cc4n2c13)N(c1ccccc1)c1cc(N(c2ccccc2)c2ccccc2)cc2c1B5c1cc3c4cc(C(C)(C)C)cc5c6cc(C(C)(C)C)ccc6n(c3cc1N2c1ccccc1)c54. The first-order valence-corrected chi connectivity index (χ1v) is 31.6.